The Balaban J connectivity index is 2.04. The summed E-state index contributed by atoms with van der Waals surface area (Å²) >= 11 is 0. The Morgan fingerprint density at radius 3 is 2.79 bits per heavy atom. The Hall–Kier alpha value is -3.55. The molecule has 3 aromatic rings. The fourth-order valence-electron chi connectivity index (χ4n) is 3.19. The Bertz CT molecular complexity index is 1060. The van der Waals surface area contributed by atoms with Crippen LogP contribution in [0, 0.1) is 6.92 Å². The van der Waals surface area contributed by atoms with Crippen molar-refractivity contribution in [2.45, 2.75) is 25.8 Å². The van der Waals surface area contributed by atoms with Gasteiger partial charge in [-0.1, -0.05) is 6.07 Å². The number of benzene rings is 1. The summed E-state index contributed by atoms with van der Waals surface area (Å²) in [5.74, 6) is 1.13. The van der Waals surface area contributed by atoms with Crippen LogP contribution in [0.5, 0.6) is 5.75 Å². The van der Waals surface area contributed by atoms with Crippen molar-refractivity contribution < 1.29 is 19.4 Å². The summed E-state index contributed by atoms with van der Waals surface area (Å²) in [5, 5.41) is 12.8. The molecular formula is C21H24N4O4. The fraction of sp³-hybridized carbons (Fsp3) is 0.286. The highest BCUT2D eigenvalue weighted by atomic mass is 16.5. The molecule has 1 atom stereocenters. The first-order valence-corrected chi connectivity index (χ1v) is 9.07. The van der Waals surface area contributed by atoms with Crippen LogP contribution in [-0.4, -0.2) is 40.4 Å². The smallest absolute Gasteiger partial charge is 0.405 e. The zero-order valence-electron chi connectivity index (χ0n) is 16.8. The molecule has 2 aromatic heterocycles. The van der Waals surface area contributed by atoms with Crippen LogP contribution < -0.4 is 10.1 Å². The number of carboxylic acid groups (broad SMARTS) is 1. The van der Waals surface area contributed by atoms with Crippen molar-refractivity contribution in [1.29, 1.82) is 0 Å². The molecule has 0 aliphatic heterocycles. The lowest BCUT2D eigenvalue weighted by Gasteiger charge is -2.26. The number of carbonyl (C=O) groups is 1. The van der Waals surface area contributed by atoms with Gasteiger partial charge < -0.3 is 24.9 Å². The van der Waals surface area contributed by atoms with Crippen molar-refractivity contribution in [3.8, 4) is 17.0 Å². The fourth-order valence-corrected chi connectivity index (χ4v) is 3.19. The van der Waals surface area contributed by atoms with E-state index in [1.165, 1.54) is 13.4 Å². The summed E-state index contributed by atoms with van der Waals surface area (Å²) in [7, 11) is 3.13. The summed E-state index contributed by atoms with van der Waals surface area (Å²) in [5.41, 5.74) is 2.24. The minimum atomic E-state index is -1.14. The number of hydrogen-bond donors (Lipinski definition) is 3. The molecule has 0 fully saturated rings. The van der Waals surface area contributed by atoms with E-state index in [0.29, 0.717) is 23.7 Å². The molecule has 3 rings (SSSR count). The van der Waals surface area contributed by atoms with E-state index in [0.717, 1.165) is 22.2 Å². The number of fused-ring (bicyclic) bond motifs is 1. The zero-order valence-corrected chi connectivity index (χ0v) is 16.8. The van der Waals surface area contributed by atoms with E-state index in [1.807, 2.05) is 31.2 Å². The Morgan fingerprint density at radius 1 is 1.31 bits per heavy atom. The van der Waals surface area contributed by atoms with E-state index in [1.54, 1.807) is 26.3 Å². The monoisotopic (exact) mass is 396 g/mol. The molecule has 8 nitrogen and oxygen atoms in total. The first-order chi connectivity index (χ1) is 13.9. The molecule has 2 heterocycles. The largest absolute Gasteiger partial charge is 0.505 e. The van der Waals surface area contributed by atoms with Crippen LogP contribution in [0.4, 0.5) is 4.79 Å². The third-order valence-electron chi connectivity index (χ3n) is 4.67. The van der Waals surface area contributed by atoms with Crippen LogP contribution >= 0.6 is 0 Å². The molecule has 0 spiro atoms. The highest BCUT2D eigenvalue weighted by Gasteiger charge is 2.31. The highest BCUT2D eigenvalue weighted by molar-refractivity contribution is 5.87. The van der Waals surface area contributed by atoms with Gasteiger partial charge in [-0.3, -0.25) is 4.98 Å². The first kappa shape index (κ1) is 20.2. The number of nitrogens with one attached hydrogen (secondary N) is 2. The minimum Gasteiger partial charge on any atom is -0.505 e. The number of aromatic amines is 1. The van der Waals surface area contributed by atoms with E-state index in [2.05, 4.69) is 20.3 Å². The summed E-state index contributed by atoms with van der Waals surface area (Å²) in [4.78, 5) is 23.6. The Kier molecular flexibility index (Phi) is 5.72. The molecule has 152 valence electrons. The first-order valence-electron chi connectivity index (χ1n) is 9.07. The number of amides is 1. The molecule has 0 saturated heterocycles. The number of methoxy groups -OCH3 is 2. The van der Waals surface area contributed by atoms with Gasteiger partial charge >= 0.3 is 6.09 Å². The average molecular weight is 396 g/mol. The quantitative estimate of drug-likeness (QED) is 0.521. The van der Waals surface area contributed by atoms with Gasteiger partial charge in [0.15, 0.2) is 0 Å². The topological polar surface area (TPSA) is 109 Å². The van der Waals surface area contributed by atoms with Crippen molar-refractivity contribution in [3.05, 3.63) is 54.3 Å². The van der Waals surface area contributed by atoms with Gasteiger partial charge in [0.2, 0.25) is 0 Å². The summed E-state index contributed by atoms with van der Waals surface area (Å²) in [6, 6.07) is 7.79. The predicted molar refractivity (Wildman–Crippen MR) is 110 cm³/mol. The predicted octanol–water partition coefficient (Wildman–Crippen LogP) is 3.97. The van der Waals surface area contributed by atoms with E-state index in [4.69, 9.17) is 9.47 Å². The van der Waals surface area contributed by atoms with Crippen molar-refractivity contribution in [2.24, 2.45) is 0 Å². The summed E-state index contributed by atoms with van der Waals surface area (Å²) in [6.45, 7) is 3.70. The molecule has 1 amide bonds. The van der Waals surface area contributed by atoms with Gasteiger partial charge in [0.25, 0.3) is 0 Å². The summed E-state index contributed by atoms with van der Waals surface area (Å²) in [6.07, 6.45) is 4.21. The standard InChI is InChI=1S/C21H24N4O4/c1-13-6-7-14-10-15(18(29-4)11-16(14)23-13)17-12-22-19(24-17)21(2,25-20(26)27)8-5-9-28-3/h5-7,9-12,25H,8H2,1-4H3,(H,22,24)(H,26,27). The lowest BCUT2D eigenvalue weighted by molar-refractivity contribution is 0.178. The average Bonchev–Trinajstić information content (AvgIpc) is 3.17. The summed E-state index contributed by atoms with van der Waals surface area (Å²) < 4.78 is 10.5. The number of nitrogens with zero attached hydrogens (tertiary/aromatic N) is 2. The lowest BCUT2D eigenvalue weighted by Crippen LogP contribution is -2.43. The second kappa shape index (κ2) is 8.22. The molecule has 8 heteroatoms. The number of H-pyrrole nitrogens is 1. The zero-order chi connectivity index (χ0) is 21.0. The van der Waals surface area contributed by atoms with Gasteiger partial charge in [0.1, 0.15) is 17.1 Å². The van der Waals surface area contributed by atoms with Crippen molar-refractivity contribution in [2.75, 3.05) is 14.2 Å². The maximum atomic E-state index is 11.3. The number of hydrogen-bond acceptors (Lipinski definition) is 5. The SMILES string of the molecule is COC=CCC(C)(NC(=O)O)c1nc(-c2cc3ccc(C)nc3cc2OC)c[nH]1. The van der Waals surface area contributed by atoms with Crippen LogP contribution in [0.3, 0.4) is 0 Å². The Labute approximate surface area is 168 Å². The molecule has 0 saturated carbocycles. The van der Waals surface area contributed by atoms with Gasteiger partial charge in [-0.05, 0) is 38.5 Å². The number of pyridine rings is 1. The van der Waals surface area contributed by atoms with E-state index < -0.39 is 11.6 Å². The lowest BCUT2D eigenvalue weighted by atomic mass is 9.97. The van der Waals surface area contributed by atoms with Gasteiger partial charge in [0, 0.05) is 28.9 Å². The number of ether oxygens (including phenoxy) is 2. The molecule has 29 heavy (non-hydrogen) atoms. The molecule has 0 radical (unpaired) electrons. The van der Waals surface area contributed by atoms with Crippen LogP contribution in [0.1, 0.15) is 24.9 Å². The molecule has 0 aliphatic carbocycles. The molecule has 1 aromatic carbocycles. The van der Waals surface area contributed by atoms with Crippen LogP contribution in [0.25, 0.3) is 22.2 Å². The second-order valence-corrected chi connectivity index (χ2v) is 6.91. The van der Waals surface area contributed by atoms with E-state index in [-0.39, 0.29) is 0 Å². The van der Waals surface area contributed by atoms with Crippen LogP contribution in [-0.2, 0) is 10.3 Å². The number of aromatic nitrogens is 3. The molecule has 0 bridgehead atoms. The maximum absolute atomic E-state index is 11.3. The number of rotatable bonds is 7. The van der Waals surface area contributed by atoms with E-state index >= 15 is 0 Å². The molecular weight excluding hydrogens is 372 g/mol. The van der Waals surface area contributed by atoms with Crippen molar-refractivity contribution >= 4 is 17.0 Å². The van der Waals surface area contributed by atoms with Crippen LogP contribution in [0.15, 0.2) is 42.8 Å². The highest BCUT2D eigenvalue weighted by Crippen LogP contribution is 2.34. The van der Waals surface area contributed by atoms with E-state index in [9.17, 15) is 9.90 Å². The van der Waals surface area contributed by atoms with Crippen molar-refractivity contribution in [1.82, 2.24) is 20.3 Å². The van der Waals surface area contributed by atoms with Gasteiger partial charge in [-0.15, -0.1) is 0 Å². The molecule has 0 aliphatic rings. The third kappa shape index (κ3) is 4.31. The third-order valence-corrected chi connectivity index (χ3v) is 4.67. The maximum Gasteiger partial charge on any atom is 0.405 e. The Morgan fingerprint density at radius 2 is 2.10 bits per heavy atom. The number of aryl methyl sites for hydroxylation is 1. The van der Waals surface area contributed by atoms with Crippen LogP contribution in [0.2, 0.25) is 0 Å². The number of imidazole rings is 1. The normalized spacial score (nSPS) is 13.4. The molecule has 1 unspecified atom stereocenters. The minimum absolute atomic E-state index is 0.359. The second-order valence-electron chi connectivity index (χ2n) is 6.91. The van der Waals surface area contributed by atoms with Gasteiger partial charge in [0.05, 0.1) is 31.7 Å². The van der Waals surface area contributed by atoms with Gasteiger partial charge in [-0.2, -0.15) is 0 Å². The van der Waals surface area contributed by atoms with Gasteiger partial charge in [-0.25, -0.2) is 9.78 Å². The molecule has 3 N–H and O–H groups in total. The van der Waals surface area contributed by atoms with Crippen molar-refractivity contribution in [3.63, 3.8) is 0 Å².